The second-order valence-corrected chi connectivity index (χ2v) is 4.84. The van der Waals surface area contributed by atoms with E-state index in [9.17, 15) is 0 Å². The van der Waals surface area contributed by atoms with E-state index in [-0.39, 0.29) is 5.60 Å². The summed E-state index contributed by atoms with van der Waals surface area (Å²) in [7, 11) is 0. The summed E-state index contributed by atoms with van der Waals surface area (Å²) in [6, 6.07) is 0. The highest BCUT2D eigenvalue weighted by Gasteiger charge is 2.13. The predicted molar refractivity (Wildman–Crippen MR) is 59.0 cm³/mol. The summed E-state index contributed by atoms with van der Waals surface area (Å²) in [4.78, 5) is 0. The number of ether oxygens (including phenoxy) is 1. The zero-order valence-corrected chi connectivity index (χ0v) is 10.0. The van der Waals surface area contributed by atoms with Crippen LogP contribution in [-0.4, -0.2) is 12.2 Å². The Kier molecular flexibility index (Phi) is 6.40. The summed E-state index contributed by atoms with van der Waals surface area (Å²) < 4.78 is 5.78. The van der Waals surface area contributed by atoms with Gasteiger partial charge in [0.05, 0.1) is 12.2 Å². The molecule has 0 aromatic rings. The molecule has 80 valence electrons. The highest BCUT2D eigenvalue weighted by atomic mass is 16.5. The molecule has 0 aromatic heterocycles. The van der Waals surface area contributed by atoms with Gasteiger partial charge in [0.15, 0.2) is 0 Å². The van der Waals surface area contributed by atoms with Gasteiger partial charge in [-0.05, 0) is 33.1 Å². The summed E-state index contributed by atoms with van der Waals surface area (Å²) in [5.74, 6) is 0.763. The van der Waals surface area contributed by atoms with Crippen LogP contribution in [0, 0.1) is 5.92 Å². The van der Waals surface area contributed by atoms with Crippen molar-refractivity contribution in [1.29, 1.82) is 0 Å². The lowest BCUT2D eigenvalue weighted by Gasteiger charge is -2.23. The number of unbranched alkanes of at least 4 members (excludes halogenated alkanes) is 1. The largest absolute Gasteiger partial charge is 0.376 e. The van der Waals surface area contributed by atoms with Gasteiger partial charge in [-0.1, -0.05) is 33.1 Å². The van der Waals surface area contributed by atoms with Crippen molar-refractivity contribution < 1.29 is 4.74 Å². The van der Waals surface area contributed by atoms with Crippen molar-refractivity contribution in [2.24, 2.45) is 5.92 Å². The SMILES string of the molecule is CCCC[C@H](CC)COC(C)(C)C. The Bertz CT molecular complexity index is 113. The standard InChI is InChI=1S/C12H26O/c1-6-8-9-11(7-2)10-13-12(3,4)5/h11H,6-10H2,1-5H3/t11-/m0/s1. The van der Waals surface area contributed by atoms with Gasteiger partial charge in [-0.2, -0.15) is 0 Å². The molecule has 0 fully saturated rings. The Morgan fingerprint density at radius 2 is 1.77 bits per heavy atom. The Morgan fingerprint density at radius 1 is 1.15 bits per heavy atom. The van der Waals surface area contributed by atoms with Crippen LogP contribution >= 0.6 is 0 Å². The highest BCUT2D eigenvalue weighted by molar-refractivity contribution is 4.62. The maximum atomic E-state index is 5.78. The predicted octanol–water partition coefficient (Wildman–Crippen LogP) is 4.02. The molecule has 13 heavy (non-hydrogen) atoms. The van der Waals surface area contributed by atoms with Crippen LogP contribution in [0.25, 0.3) is 0 Å². The van der Waals surface area contributed by atoms with E-state index in [0.29, 0.717) is 0 Å². The van der Waals surface area contributed by atoms with Crippen LogP contribution in [0.2, 0.25) is 0 Å². The van der Waals surface area contributed by atoms with Gasteiger partial charge in [0, 0.05) is 0 Å². The van der Waals surface area contributed by atoms with E-state index in [2.05, 4.69) is 34.6 Å². The summed E-state index contributed by atoms with van der Waals surface area (Å²) in [6.45, 7) is 11.8. The molecule has 0 bridgehead atoms. The van der Waals surface area contributed by atoms with Gasteiger partial charge < -0.3 is 4.74 Å². The van der Waals surface area contributed by atoms with Crippen molar-refractivity contribution in [3.05, 3.63) is 0 Å². The average molecular weight is 186 g/mol. The molecule has 0 saturated carbocycles. The summed E-state index contributed by atoms with van der Waals surface area (Å²) >= 11 is 0. The second-order valence-electron chi connectivity index (χ2n) is 4.84. The molecule has 1 heteroatoms. The van der Waals surface area contributed by atoms with E-state index < -0.39 is 0 Å². The minimum atomic E-state index is 0.0274. The first-order valence-electron chi connectivity index (χ1n) is 5.63. The van der Waals surface area contributed by atoms with Gasteiger partial charge in [-0.15, -0.1) is 0 Å². The van der Waals surface area contributed by atoms with Gasteiger partial charge in [-0.25, -0.2) is 0 Å². The number of hydrogen-bond donors (Lipinski definition) is 0. The van der Waals surface area contributed by atoms with E-state index in [1.807, 2.05) is 0 Å². The lowest BCUT2D eigenvalue weighted by atomic mass is 10.0. The third kappa shape index (κ3) is 8.29. The fourth-order valence-corrected chi connectivity index (χ4v) is 1.27. The van der Waals surface area contributed by atoms with E-state index in [0.717, 1.165) is 12.5 Å². The molecule has 0 aliphatic carbocycles. The van der Waals surface area contributed by atoms with Crippen LogP contribution in [0.5, 0.6) is 0 Å². The lowest BCUT2D eigenvalue weighted by Crippen LogP contribution is -2.23. The fourth-order valence-electron chi connectivity index (χ4n) is 1.27. The maximum Gasteiger partial charge on any atom is 0.0598 e. The van der Waals surface area contributed by atoms with Crippen LogP contribution in [0.15, 0.2) is 0 Å². The Balaban J connectivity index is 3.59. The number of rotatable bonds is 6. The van der Waals surface area contributed by atoms with Gasteiger partial charge in [0.2, 0.25) is 0 Å². The first kappa shape index (κ1) is 13.0. The van der Waals surface area contributed by atoms with E-state index in [4.69, 9.17) is 4.74 Å². The monoisotopic (exact) mass is 186 g/mol. The van der Waals surface area contributed by atoms with Crippen LogP contribution in [0.1, 0.15) is 60.3 Å². The van der Waals surface area contributed by atoms with E-state index in [1.165, 1.54) is 25.7 Å². The van der Waals surface area contributed by atoms with Crippen molar-refractivity contribution in [3.8, 4) is 0 Å². The Hall–Kier alpha value is -0.0400. The molecule has 0 amide bonds. The number of hydrogen-bond acceptors (Lipinski definition) is 1. The quantitative estimate of drug-likeness (QED) is 0.609. The topological polar surface area (TPSA) is 9.23 Å². The molecule has 0 aromatic carbocycles. The minimum Gasteiger partial charge on any atom is -0.376 e. The molecule has 0 N–H and O–H groups in total. The zero-order valence-electron chi connectivity index (χ0n) is 10.0. The minimum absolute atomic E-state index is 0.0274. The van der Waals surface area contributed by atoms with Crippen LogP contribution in [0.4, 0.5) is 0 Å². The summed E-state index contributed by atoms with van der Waals surface area (Å²) in [6.07, 6.45) is 5.21. The zero-order chi connectivity index (χ0) is 10.3. The molecular formula is C12H26O. The van der Waals surface area contributed by atoms with Crippen LogP contribution in [0.3, 0.4) is 0 Å². The van der Waals surface area contributed by atoms with Gasteiger partial charge in [-0.3, -0.25) is 0 Å². The fraction of sp³-hybridized carbons (Fsp3) is 1.00. The third-order valence-corrected chi connectivity index (χ3v) is 2.30. The van der Waals surface area contributed by atoms with E-state index >= 15 is 0 Å². The van der Waals surface area contributed by atoms with Gasteiger partial charge in [0.25, 0.3) is 0 Å². The molecule has 0 aliphatic heterocycles. The van der Waals surface area contributed by atoms with Crippen molar-refractivity contribution in [2.75, 3.05) is 6.61 Å². The summed E-state index contributed by atoms with van der Waals surface area (Å²) in [5, 5.41) is 0. The average Bonchev–Trinajstić information content (AvgIpc) is 2.03. The van der Waals surface area contributed by atoms with Crippen molar-refractivity contribution >= 4 is 0 Å². The molecule has 0 rings (SSSR count). The smallest absolute Gasteiger partial charge is 0.0598 e. The first-order chi connectivity index (χ1) is 5.99. The molecular weight excluding hydrogens is 160 g/mol. The molecule has 0 heterocycles. The van der Waals surface area contributed by atoms with Crippen molar-refractivity contribution in [1.82, 2.24) is 0 Å². The first-order valence-corrected chi connectivity index (χ1v) is 5.63. The van der Waals surface area contributed by atoms with Crippen molar-refractivity contribution in [2.45, 2.75) is 65.9 Å². The van der Waals surface area contributed by atoms with Gasteiger partial charge >= 0.3 is 0 Å². The molecule has 0 aliphatic rings. The van der Waals surface area contributed by atoms with Crippen molar-refractivity contribution in [3.63, 3.8) is 0 Å². The highest BCUT2D eigenvalue weighted by Crippen LogP contribution is 2.16. The van der Waals surface area contributed by atoms with Crippen LogP contribution in [-0.2, 0) is 4.74 Å². The lowest BCUT2D eigenvalue weighted by molar-refractivity contribution is -0.0243. The van der Waals surface area contributed by atoms with Gasteiger partial charge in [0.1, 0.15) is 0 Å². The normalized spacial score (nSPS) is 14.5. The third-order valence-electron chi connectivity index (χ3n) is 2.30. The van der Waals surface area contributed by atoms with E-state index in [1.54, 1.807) is 0 Å². The molecule has 0 saturated heterocycles. The molecule has 0 radical (unpaired) electrons. The molecule has 0 spiro atoms. The molecule has 1 nitrogen and oxygen atoms in total. The molecule has 0 unspecified atom stereocenters. The van der Waals surface area contributed by atoms with Crippen LogP contribution < -0.4 is 0 Å². The maximum absolute atomic E-state index is 5.78. The Labute approximate surface area is 83.9 Å². The summed E-state index contributed by atoms with van der Waals surface area (Å²) in [5.41, 5.74) is 0.0274. The molecule has 1 atom stereocenters. The Morgan fingerprint density at radius 3 is 2.15 bits per heavy atom. The second kappa shape index (κ2) is 6.42.